The van der Waals surface area contributed by atoms with Crippen molar-refractivity contribution in [2.75, 3.05) is 26.7 Å². The van der Waals surface area contributed by atoms with Gasteiger partial charge in [0.2, 0.25) is 17.7 Å². The number of carbonyl (C=O) groups excluding carboxylic acids is 3. The Labute approximate surface area is 129 Å². The third kappa shape index (κ3) is 9.70. The Morgan fingerprint density at radius 2 is 1.68 bits per heavy atom. The molecule has 0 saturated carbocycles. The maximum atomic E-state index is 11.8. The first-order chi connectivity index (χ1) is 10.4. The number of amides is 3. The molecule has 126 valence electrons. The fraction of sp³-hybridized carbons (Fsp3) is 0.692. The summed E-state index contributed by atoms with van der Waals surface area (Å²) in [6, 6.07) is -0.812. The first kappa shape index (κ1) is 19.8. The second-order valence-electron chi connectivity index (χ2n) is 4.68. The number of carboxylic acid groups (broad SMARTS) is 1. The van der Waals surface area contributed by atoms with Crippen molar-refractivity contribution in [1.82, 2.24) is 21.3 Å². The molecule has 0 aromatic carbocycles. The smallest absolute Gasteiger partial charge is 0.322 e. The van der Waals surface area contributed by atoms with Gasteiger partial charge in [-0.3, -0.25) is 19.2 Å². The molecule has 0 unspecified atom stereocenters. The molecule has 0 aromatic rings. The van der Waals surface area contributed by atoms with E-state index in [2.05, 4.69) is 21.3 Å². The summed E-state index contributed by atoms with van der Waals surface area (Å²) in [5, 5.41) is 18.3. The van der Waals surface area contributed by atoms with Crippen LogP contribution in [0.4, 0.5) is 0 Å². The molecule has 9 heteroatoms. The monoisotopic (exact) mass is 316 g/mol. The minimum atomic E-state index is -1.16. The van der Waals surface area contributed by atoms with Crippen molar-refractivity contribution in [1.29, 1.82) is 0 Å². The van der Waals surface area contributed by atoms with E-state index in [-0.39, 0.29) is 19.0 Å². The Balaban J connectivity index is 4.37. The Morgan fingerprint density at radius 1 is 1.00 bits per heavy atom. The summed E-state index contributed by atoms with van der Waals surface area (Å²) >= 11 is 0. The first-order valence-corrected chi connectivity index (χ1v) is 7.10. The van der Waals surface area contributed by atoms with Crippen molar-refractivity contribution in [3.8, 4) is 0 Å². The number of rotatable bonds is 11. The molecular weight excluding hydrogens is 292 g/mol. The SMILES string of the molecule is CCCC[C@@H](NC(=O)CNC(=O)CNC)C(=O)NCC(=O)O. The van der Waals surface area contributed by atoms with Gasteiger partial charge >= 0.3 is 5.97 Å². The van der Waals surface area contributed by atoms with Crippen LogP contribution in [0.5, 0.6) is 0 Å². The number of unbranched alkanes of at least 4 members (excludes halogenated alkanes) is 1. The van der Waals surface area contributed by atoms with Gasteiger partial charge in [0.05, 0.1) is 13.1 Å². The summed E-state index contributed by atoms with van der Waals surface area (Å²) < 4.78 is 0. The molecule has 0 spiro atoms. The maximum Gasteiger partial charge on any atom is 0.322 e. The Morgan fingerprint density at radius 3 is 2.23 bits per heavy atom. The van der Waals surface area contributed by atoms with Crippen LogP contribution in [0.1, 0.15) is 26.2 Å². The minimum Gasteiger partial charge on any atom is -0.480 e. The van der Waals surface area contributed by atoms with Crippen molar-refractivity contribution < 1.29 is 24.3 Å². The molecule has 0 aromatic heterocycles. The van der Waals surface area contributed by atoms with E-state index in [1.54, 1.807) is 7.05 Å². The number of hydrogen-bond acceptors (Lipinski definition) is 5. The fourth-order valence-electron chi connectivity index (χ4n) is 1.61. The van der Waals surface area contributed by atoms with Gasteiger partial charge in [-0.05, 0) is 13.5 Å². The minimum absolute atomic E-state index is 0.0889. The Hall–Kier alpha value is -2.16. The van der Waals surface area contributed by atoms with Crippen molar-refractivity contribution in [3.05, 3.63) is 0 Å². The maximum absolute atomic E-state index is 11.8. The fourth-order valence-corrected chi connectivity index (χ4v) is 1.61. The lowest BCUT2D eigenvalue weighted by molar-refractivity contribution is -0.138. The molecule has 0 aliphatic carbocycles. The van der Waals surface area contributed by atoms with Crippen molar-refractivity contribution in [2.24, 2.45) is 0 Å². The van der Waals surface area contributed by atoms with E-state index in [0.29, 0.717) is 12.8 Å². The zero-order valence-corrected chi connectivity index (χ0v) is 12.9. The average molecular weight is 316 g/mol. The van der Waals surface area contributed by atoms with Gasteiger partial charge in [0, 0.05) is 0 Å². The van der Waals surface area contributed by atoms with Gasteiger partial charge in [-0.1, -0.05) is 19.8 Å². The topological polar surface area (TPSA) is 137 Å². The van der Waals surface area contributed by atoms with Crippen LogP contribution in [-0.4, -0.2) is 61.5 Å². The predicted molar refractivity (Wildman–Crippen MR) is 79.0 cm³/mol. The summed E-state index contributed by atoms with van der Waals surface area (Å²) in [5.41, 5.74) is 0. The number of carbonyl (C=O) groups is 4. The van der Waals surface area contributed by atoms with Gasteiger partial charge in [-0.25, -0.2) is 0 Å². The third-order valence-corrected chi connectivity index (χ3v) is 2.70. The van der Waals surface area contributed by atoms with E-state index in [1.165, 1.54) is 0 Å². The molecule has 1 atom stereocenters. The second kappa shape index (κ2) is 11.5. The van der Waals surface area contributed by atoms with E-state index in [9.17, 15) is 19.2 Å². The van der Waals surface area contributed by atoms with Crippen LogP contribution < -0.4 is 21.3 Å². The molecule has 0 aliphatic rings. The predicted octanol–water partition coefficient (Wildman–Crippen LogP) is -1.80. The molecule has 0 aliphatic heterocycles. The van der Waals surface area contributed by atoms with E-state index < -0.39 is 30.4 Å². The quantitative estimate of drug-likeness (QED) is 0.305. The molecule has 5 N–H and O–H groups in total. The molecule has 0 saturated heterocycles. The third-order valence-electron chi connectivity index (χ3n) is 2.70. The molecule has 22 heavy (non-hydrogen) atoms. The van der Waals surface area contributed by atoms with E-state index >= 15 is 0 Å². The summed E-state index contributed by atoms with van der Waals surface area (Å²) in [5.74, 6) is -2.55. The molecule has 0 bridgehead atoms. The lowest BCUT2D eigenvalue weighted by Gasteiger charge is -2.18. The number of aliphatic carboxylic acids is 1. The van der Waals surface area contributed by atoms with Gasteiger partial charge in [-0.15, -0.1) is 0 Å². The van der Waals surface area contributed by atoms with Gasteiger partial charge in [0.25, 0.3) is 0 Å². The molecule has 3 amide bonds. The molecule has 9 nitrogen and oxygen atoms in total. The van der Waals surface area contributed by atoms with Crippen molar-refractivity contribution in [2.45, 2.75) is 32.2 Å². The van der Waals surface area contributed by atoms with Gasteiger partial charge in [0.15, 0.2) is 0 Å². The van der Waals surface area contributed by atoms with Crippen LogP contribution in [0, 0.1) is 0 Å². The molecule has 0 fully saturated rings. The molecule has 0 radical (unpaired) electrons. The standard InChI is InChI=1S/C13H24N4O5/c1-3-4-5-9(13(22)16-8-12(20)21)17-11(19)7-15-10(18)6-14-2/h9,14H,3-8H2,1-2H3,(H,15,18)(H,16,22)(H,17,19)(H,20,21)/t9-/m1/s1. The van der Waals surface area contributed by atoms with Crippen LogP contribution in [0.25, 0.3) is 0 Å². The highest BCUT2D eigenvalue weighted by Crippen LogP contribution is 2.01. The number of likely N-dealkylation sites (N-methyl/N-ethyl adjacent to an activating group) is 1. The lowest BCUT2D eigenvalue weighted by Crippen LogP contribution is -2.50. The van der Waals surface area contributed by atoms with Crippen LogP contribution in [0.2, 0.25) is 0 Å². The molecule has 0 heterocycles. The zero-order chi connectivity index (χ0) is 17.0. The van der Waals surface area contributed by atoms with Crippen LogP contribution in [0.15, 0.2) is 0 Å². The van der Waals surface area contributed by atoms with Crippen LogP contribution >= 0.6 is 0 Å². The van der Waals surface area contributed by atoms with E-state index in [1.807, 2.05) is 6.92 Å². The van der Waals surface area contributed by atoms with Crippen molar-refractivity contribution in [3.63, 3.8) is 0 Å². The zero-order valence-electron chi connectivity index (χ0n) is 12.9. The Bertz CT molecular complexity index is 400. The lowest BCUT2D eigenvalue weighted by atomic mass is 10.1. The largest absolute Gasteiger partial charge is 0.480 e. The van der Waals surface area contributed by atoms with Gasteiger partial charge in [0.1, 0.15) is 12.6 Å². The summed E-state index contributed by atoms with van der Waals surface area (Å²) in [6.07, 6.45) is 1.94. The summed E-state index contributed by atoms with van der Waals surface area (Å²) in [4.78, 5) is 45.2. The molecule has 0 rings (SSSR count). The van der Waals surface area contributed by atoms with Crippen LogP contribution in [0.3, 0.4) is 0 Å². The van der Waals surface area contributed by atoms with Crippen molar-refractivity contribution >= 4 is 23.7 Å². The first-order valence-electron chi connectivity index (χ1n) is 7.10. The molecular formula is C13H24N4O5. The van der Waals surface area contributed by atoms with E-state index in [4.69, 9.17) is 5.11 Å². The normalized spacial score (nSPS) is 11.4. The van der Waals surface area contributed by atoms with Crippen LogP contribution in [-0.2, 0) is 19.2 Å². The van der Waals surface area contributed by atoms with Gasteiger partial charge in [-0.2, -0.15) is 0 Å². The Kier molecular flexibility index (Phi) is 10.4. The highest BCUT2D eigenvalue weighted by molar-refractivity contribution is 5.91. The average Bonchev–Trinajstić information content (AvgIpc) is 2.47. The van der Waals surface area contributed by atoms with E-state index in [0.717, 1.165) is 6.42 Å². The van der Waals surface area contributed by atoms with Gasteiger partial charge < -0.3 is 26.4 Å². The number of nitrogens with one attached hydrogen (secondary N) is 4. The summed E-state index contributed by atoms with van der Waals surface area (Å²) in [6.45, 7) is 1.28. The second-order valence-corrected chi connectivity index (χ2v) is 4.68. The highest BCUT2D eigenvalue weighted by atomic mass is 16.4. The summed E-state index contributed by atoms with van der Waals surface area (Å²) in [7, 11) is 1.60. The number of hydrogen-bond donors (Lipinski definition) is 5. The number of carboxylic acids is 1. The highest BCUT2D eigenvalue weighted by Gasteiger charge is 2.20.